The summed E-state index contributed by atoms with van der Waals surface area (Å²) in [5, 5.41) is 3.60. The molecule has 172 valence electrons. The maximum absolute atomic E-state index is 13.2. The van der Waals surface area contributed by atoms with Gasteiger partial charge in [0.2, 0.25) is 6.79 Å². The van der Waals surface area contributed by atoms with Crippen molar-refractivity contribution < 1.29 is 23.8 Å². The number of aromatic nitrogens is 1. The van der Waals surface area contributed by atoms with Crippen LogP contribution in [-0.4, -0.2) is 36.3 Å². The zero-order chi connectivity index (χ0) is 23.1. The smallest absolute Gasteiger partial charge is 0.339 e. The molecule has 0 atom stereocenters. The van der Waals surface area contributed by atoms with E-state index in [1.165, 1.54) is 0 Å². The number of benzene rings is 2. The molecule has 7 heteroatoms. The molecule has 2 aromatic carbocycles. The molecule has 2 aliphatic carbocycles. The summed E-state index contributed by atoms with van der Waals surface area (Å²) in [6.07, 6.45) is 6.54. The molecular formula is C27H24N2O5. The Balaban J connectivity index is 1.37. The molecule has 1 saturated carbocycles. The van der Waals surface area contributed by atoms with Crippen LogP contribution in [0.15, 0.2) is 42.5 Å². The van der Waals surface area contributed by atoms with Crippen LogP contribution in [0.4, 0.5) is 0 Å². The van der Waals surface area contributed by atoms with Crippen molar-refractivity contribution in [1.82, 2.24) is 10.3 Å². The van der Waals surface area contributed by atoms with E-state index in [4.69, 9.17) is 19.2 Å². The first-order valence-electron chi connectivity index (χ1n) is 11.6. The largest absolute Gasteiger partial charge is 0.454 e. The second-order valence-electron chi connectivity index (χ2n) is 8.88. The number of esters is 1. The number of fused-ring (bicyclic) bond motifs is 3. The minimum Gasteiger partial charge on any atom is -0.454 e. The summed E-state index contributed by atoms with van der Waals surface area (Å²) in [4.78, 5) is 30.3. The topological polar surface area (TPSA) is 86.8 Å². The third kappa shape index (κ3) is 3.98. The van der Waals surface area contributed by atoms with E-state index in [9.17, 15) is 9.59 Å². The number of carbonyl (C=O) groups excluding carboxylic acids is 2. The lowest BCUT2D eigenvalue weighted by Gasteiger charge is -2.22. The Morgan fingerprint density at radius 3 is 2.82 bits per heavy atom. The van der Waals surface area contributed by atoms with Gasteiger partial charge in [-0.1, -0.05) is 24.3 Å². The Labute approximate surface area is 196 Å². The lowest BCUT2D eigenvalue weighted by molar-refractivity contribution is -0.124. The van der Waals surface area contributed by atoms with E-state index < -0.39 is 5.97 Å². The highest BCUT2D eigenvalue weighted by atomic mass is 16.7. The zero-order valence-corrected chi connectivity index (χ0v) is 18.6. The van der Waals surface area contributed by atoms with Crippen molar-refractivity contribution in [3.63, 3.8) is 0 Å². The summed E-state index contributed by atoms with van der Waals surface area (Å²) >= 11 is 0. The minimum absolute atomic E-state index is 0.226. The van der Waals surface area contributed by atoms with Gasteiger partial charge in [0.15, 0.2) is 18.1 Å². The van der Waals surface area contributed by atoms with Gasteiger partial charge in [-0.15, -0.1) is 0 Å². The van der Waals surface area contributed by atoms with Crippen LogP contribution < -0.4 is 14.8 Å². The lowest BCUT2D eigenvalue weighted by atomic mass is 9.86. The van der Waals surface area contributed by atoms with Gasteiger partial charge in [-0.25, -0.2) is 9.78 Å². The summed E-state index contributed by atoms with van der Waals surface area (Å²) in [6.45, 7) is -0.0451. The van der Waals surface area contributed by atoms with Gasteiger partial charge in [0.25, 0.3) is 5.91 Å². The van der Waals surface area contributed by atoms with Crippen LogP contribution in [0, 0.1) is 0 Å². The van der Waals surface area contributed by atoms with E-state index in [0.717, 1.165) is 76.9 Å². The van der Waals surface area contributed by atoms with E-state index in [-0.39, 0.29) is 25.3 Å². The number of hydrogen-bond donors (Lipinski definition) is 1. The molecule has 0 unspecified atom stereocenters. The Hall–Kier alpha value is -3.87. The number of hydrogen-bond acceptors (Lipinski definition) is 6. The van der Waals surface area contributed by atoms with Gasteiger partial charge in [0.05, 0.1) is 16.8 Å². The minimum atomic E-state index is -0.481. The predicted octanol–water partition coefficient (Wildman–Crippen LogP) is 4.28. The molecule has 1 amide bonds. The number of nitrogens with zero attached hydrogens (tertiary/aromatic N) is 1. The van der Waals surface area contributed by atoms with Crippen LogP contribution in [0.5, 0.6) is 11.5 Å². The van der Waals surface area contributed by atoms with Gasteiger partial charge >= 0.3 is 5.97 Å². The standard InChI is InChI=1S/C27H24N2O5/c30-24(28-18-9-10-18)14-32-27(31)25-19-5-1-2-7-21(19)29-26-17(4-3-6-20(25)26)12-16-8-11-22-23(13-16)34-15-33-22/h1-2,5,7-8,11-13,18H,3-4,6,9-10,14-15H2,(H,28,30)/b17-12+. The van der Waals surface area contributed by atoms with Gasteiger partial charge < -0.3 is 19.5 Å². The lowest BCUT2D eigenvalue weighted by Crippen LogP contribution is -2.30. The van der Waals surface area contributed by atoms with Crippen LogP contribution >= 0.6 is 0 Å². The second kappa shape index (κ2) is 8.48. The fourth-order valence-corrected chi connectivity index (χ4v) is 4.61. The van der Waals surface area contributed by atoms with Gasteiger partial charge in [-0.3, -0.25) is 4.79 Å². The number of para-hydroxylation sites is 1. The number of pyridine rings is 1. The van der Waals surface area contributed by atoms with E-state index in [2.05, 4.69) is 11.4 Å². The van der Waals surface area contributed by atoms with E-state index in [0.29, 0.717) is 5.56 Å². The van der Waals surface area contributed by atoms with Gasteiger partial charge in [-0.2, -0.15) is 0 Å². The molecule has 0 radical (unpaired) electrons. The van der Waals surface area contributed by atoms with Crippen molar-refractivity contribution in [3.05, 3.63) is 64.8 Å². The molecule has 1 N–H and O–H groups in total. The molecule has 0 spiro atoms. The number of nitrogens with one attached hydrogen (secondary N) is 1. The summed E-state index contributed by atoms with van der Waals surface area (Å²) in [7, 11) is 0. The first-order valence-corrected chi connectivity index (χ1v) is 11.6. The van der Waals surface area contributed by atoms with Crippen LogP contribution in [0.25, 0.3) is 22.6 Å². The number of allylic oxidation sites excluding steroid dienone is 1. The van der Waals surface area contributed by atoms with Gasteiger partial charge in [0, 0.05) is 11.4 Å². The first-order chi connectivity index (χ1) is 16.7. The predicted molar refractivity (Wildman–Crippen MR) is 127 cm³/mol. The van der Waals surface area contributed by atoms with E-state index in [1.54, 1.807) is 0 Å². The highest BCUT2D eigenvalue weighted by Gasteiger charge is 2.28. The molecule has 7 nitrogen and oxygen atoms in total. The number of ether oxygens (including phenoxy) is 3. The quantitative estimate of drug-likeness (QED) is 0.577. The molecule has 1 fully saturated rings. The highest BCUT2D eigenvalue weighted by molar-refractivity contribution is 6.07. The average molecular weight is 456 g/mol. The third-order valence-corrected chi connectivity index (χ3v) is 6.39. The van der Waals surface area contributed by atoms with Crippen molar-refractivity contribution in [2.45, 2.75) is 38.1 Å². The zero-order valence-electron chi connectivity index (χ0n) is 18.6. The monoisotopic (exact) mass is 456 g/mol. The van der Waals surface area contributed by atoms with Crippen LogP contribution in [-0.2, 0) is 16.0 Å². The molecule has 0 saturated heterocycles. The fourth-order valence-electron chi connectivity index (χ4n) is 4.61. The van der Waals surface area contributed by atoms with E-state index in [1.807, 2.05) is 42.5 Å². The molecule has 3 aromatic rings. The molecule has 2 heterocycles. The number of amides is 1. The maximum atomic E-state index is 13.2. The molecule has 6 rings (SSSR count). The van der Waals surface area contributed by atoms with Crippen molar-refractivity contribution in [1.29, 1.82) is 0 Å². The SMILES string of the molecule is O=C(COC(=O)c1c2c(nc3ccccc13)/C(=C/c1ccc3c(c1)OCO3)CCC2)NC1CC1. The van der Waals surface area contributed by atoms with Crippen LogP contribution in [0.2, 0.25) is 0 Å². The molecular weight excluding hydrogens is 432 g/mol. The van der Waals surface area contributed by atoms with Crippen LogP contribution in [0.3, 0.4) is 0 Å². The van der Waals surface area contributed by atoms with E-state index >= 15 is 0 Å². The Kier molecular flexibility index (Phi) is 5.17. The number of rotatable bonds is 5. The average Bonchev–Trinajstić information content (AvgIpc) is 3.54. The van der Waals surface area contributed by atoms with Crippen LogP contribution in [0.1, 0.15) is 52.9 Å². The summed E-state index contributed by atoms with van der Waals surface area (Å²) in [5.41, 5.74) is 4.99. The Morgan fingerprint density at radius 1 is 1.09 bits per heavy atom. The first kappa shape index (κ1) is 20.7. The van der Waals surface area contributed by atoms with Crippen molar-refractivity contribution in [3.8, 4) is 11.5 Å². The van der Waals surface area contributed by atoms with Crippen molar-refractivity contribution in [2.75, 3.05) is 13.4 Å². The molecule has 3 aliphatic rings. The normalized spacial score (nSPS) is 17.5. The summed E-state index contributed by atoms with van der Waals surface area (Å²) in [6, 6.07) is 13.7. The third-order valence-electron chi connectivity index (χ3n) is 6.39. The Bertz CT molecular complexity index is 1340. The number of carbonyl (C=O) groups is 2. The highest BCUT2D eigenvalue weighted by Crippen LogP contribution is 2.38. The summed E-state index contributed by atoms with van der Waals surface area (Å²) < 4.78 is 16.4. The van der Waals surface area contributed by atoms with Gasteiger partial charge in [0.1, 0.15) is 0 Å². The maximum Gasteiger partial charge on any atom is 0.339 e. The Morgan fingerprint density at radius 2 is 1.94 bits per heavy atom. The fraction of sp³-hybridized carbons (Fsp3) is 0.296. The van der Waals surface area contributed by atoms with Crippen molar-refractivity contribution >= 4 is 34.4 Å². The summed E-state index contributed by atoms with van der Waals surface area (Å²) in [5.74, 6) is 0.730. The molecule has 0 bridgehead atoms. The molecule has 34 heavy (non-hydrogen) atoms. The van der Waals surface area contributed by atoms with Crippen molar-refractivity contribution in [2.24, 2.45) is 0 Å². The molecule has 1 aliphatic heterocycles. The second-order valence-corrected chi connectivity index (χ2v) is 8.88. The molecule has 1 aromatic heterocycles. The van der Waals surface area contributed by atoms with Gasteiger partial charge in [-0.05, 0) is 73.1 Å².